The summed E-state index contributed by atoms with van der Waals surface area (Å²) in [5, 5.41) is 17.0. The lowest BCUT2D eigenvalue weighted by Gasteiger charge is -2.29. The molecule has 3 aromatic rings. The molecule has 0 N–H and O–H groups in total. The van der Waals surface area contributed by atoms with Crippen molar-refractivity contribution >= 4 is 5.65 Å². The van der Waals surface area contributed by atoms with Gasteiger partial charge in [0.05, 0.1) is 12.2 Å². The topological polar surface area (TPSA) is 85.2 Å². The molecular weight excluding hydrogens is 282 g/mol. The highest BCUT2D eigenvalue weighted by atomic mass is 16.5. The summed E-state index contributed by atoms with van der Waals surface area (Å²) in [6, 6.07) is 3.92. The SMILES string of the molecule is Cc1ccc2nnc(C3CCN(Cc4ncon4)CC3)n2n1. The first kappa shape index (κ1) is 13.3. The molecule has 22 heavy (non-hydrogen) atoms. The van der Waals surface area contributed by atoms with Crippen LogP contribution in [-0.4, -0.2) is 47.9 Å². The minimum absolute atomic E-state index is 0.394. The highest BCUT2D eigenvalue weighted by molar-refractivity contribution is 5.36. The smallest absolute Gasteiger partial charge is 0.213 e. The first-order chi connectivity index (χ1) is 10.8. The fourth-order valence-electron chi connectivity index (χ4n) is 2.96. The lowest BCUT2D eigenvalue weighted by Crippen LogP contribution is -2.33. The maximum atomic E-state index is 4.78. The normalized spacial score (nSPS) is 17.3. The molecule has 0 saturated carbocycles. The van der Waals surface area contributed by atoms with Gasteiger partial charge < -0.3 is 4.52 Å². The maximum Gasteiger partial charge on any atom is 0.213 e. The van der Waals surface area contributed by atoms with Gasteiger partial charge in [0.15, 0.2) is 17.3 Å². The van der Waals surface area contributed by atoms with Gasteiger partial charge in [-0.25, -0.2) is 0 Å². The molecule has 1 aliphatic heterocycles. The molecule has 1 aliphatic rings. The number of aryl methyl sites for hydroxylation is 1. The minimum Gasteiger partial charge on any atom is -0.343 e. The molecule has 0 aliphatic carbocycles. The van der Waals surface area contributed by atoms with Crippen molar-refractivity contribution in [3.63, 3.8) is 0 Å². The number of nitrogens with zero attached hydrogens (tertiary/aromatic N) is 7. The Morgan fingerprint density at radius 2 is 2.09 bits per heavy atom. The van der Waals surface area contributed by atoms with E-state index in [1.165, 1.54) is 6.39 Å². The Hall–Kier alpha value is -2.35. The van der Waals surface area contributed by atoms with Gasteiger partial charge in [-0.15, -0.1) is 10.2 Å². The van der Waals surface area contributed by atoms with E-state index in [0.29, 0.717) is 5.92 Å². The number of fused-ring (bicyclic) bond motifs is 1. The molecule has 4 rings (SSSR count). The van der Waals surface area contributed by atoms with E-state index in [9.17, 15) is 0 Å². The van der Waals surface area contributed by atoms with E-state index in [0.717, 1.165) is 55.5 Å². The van der Waals surface area contributed by atoms with Crippen LogP contribution in [0.25, 0.3) is 5.65 Å². The van der Waals surface area contributed by atoms with E-state index in [1.54, 1.807) is 0 Å². The second-order valence-electron chi connectivity index (χ2n) is 5.70. The van der Waals surface area contributed by atoms with Crippen LogP contribution in [0, 0.1) is 6.92 Å². The zero-order chi connectivity index (χ0) is 14.9. The molecule has 0 amide bonds. The second kappa shape index (κ2) is 5.45. The van der Waals surface area contributed by atoms with Gasteiger partial charge in [0.25, 0.3) is 0 Å². The fourth-order valence-corrected chi connectivity index (χ4v) is 2.96. The van der Waals surface area contributed by atoms with Crippen molar-refractivity contribution in [1.29, 1.82) is 0 Å². The predicted molar refractivity (Wildman–Crippen MR) is 77.1 cm³/mol. The second-order valence-corrected chi connectivity index (χ2v) is 5.70. The van der Waals surface area contributed by atoms with Crippen molar-refractivity contribution < 1.29 is 4.52 Å². The predicted octanol–water partition coefficient (Wildman–Crippen LogP) is 1.20. The molecule has 0 spiro atoms. The lowest BCUT2D eigenvalue weighted by molar-refractivity contribution is 0.194. The summed E-state index contributed by atoms with van der Waals surface area (Å²) in [7, 11) is 0. The average Bonchev–Trinajstić information content (AvgIpc) is 3.17. The van der Waals surface area contributed by atoms with E-state index in [-0.39, 0.29) is 0 Å². The van der Waals surface area contributed by atoms with Gasteiger partial charge in [-0.05, 0) is 45.0 Å². The fraction of sp³-hybridized carbons (Fsp3) is 0.500. The Balaban J connectivity index is 1.47. The lowest BCUT2D eigenvalue weighted by atomic mass is 9.96. The van der Waals surface area contributed by atoms with Gasteiger partial charge in [0.1, 0.15) is 0 Å². The van der Waals surface area contributed by atoms with Crippen LogP contribution in [-0.2, 0) is 6.54 Å². The third-order valence-electron chi connectivity index (χ3n) is 4.14. The van der Waals surface area contributed by atoms with Crippen LogP contribution < -0.4 is 0 Å². The molecule has 0 atom stereocenters. The summed E-state index contributed by atoms with van der Waals surface area (Å²) in [5.41, 5.74) is 1.79. The van der Waals surface area contributed by atoms with E-state index < -0.39 is 0 Å². The van der Waals surface area contributed by atoms with Crippen LogP contribution in [0.1, 0.15) is 36.1 Å². The number of piperidine rings is 1. The van der Waals surface area contributed by atoms with E-state index in [2.05, 4.69) is 30.3 Å². The highest BCUT2D eigenvalue weighted by Gasteiger charge is 2.25. The van der Waals surface area contributed by atoms with Crippen LogP contribution >= 0.6 is 0 Å². The Morgan fingerprint density at radius 3 is 2.86 bits per heavy atom. The average molecular weight is 299 g/mol. The minimum atomic E-state index is 0.394. The standard InChI is InChI=1S/C14H17N7O/c1-10-2-3-13-16-17-14(21(13)18-10)11-4-6-20(7-5-11)8-12-15-9-22-19-12/h2-3,9,11H,4-8H2,1H3. The van der Waals surface area contributed by atoms with Gasteiger partial charge in [0.2, 0.25) is 6.39 Å². The molecular formula is C14H17N7O. The Labute approximate surface area is 127 Å². The monoisotopic (exact) mass is 299 g/mol. The van der Waals surface area contributed by atoms with Crippen molar-refractivity contribution in [3.8, 4) is 0 Å². The first-order valence-electron chi connectivity index (χ1n) is 7.46. The molecule has 0 radical (unpaired) electrons. The van der Waals surface area contributed by atoms with Crippen molar-refractivity contribution in [2.24, 2.45) is 0 Å². The zero-order valence-corrected chi connectivity index (χ0v) is 12.4. The van der Waals surface area contributed by atoms with E-state index in [4.69, 9.17) is 4.52 Å². The van der Waals surface area contributed by atoms with Gasteiger partial charge >= 0.3 is 0 Å². The van der Waals surface area contributed by atoms with Gasteiger partial charge in [-0.2, -0.15) is 14.6 Å². The molecule has 114 valence electrons. The summed E-state index contributed by atoms with van der Waals surface area (Å²) < 4.78 is 6.66. The zero-order valence-electron chi connectivity index (χ0n) is 12.4. The molecule has 0 aromatic carbocycles. The van der Waals surface area contributed by atoms with Crippen LogP contribution in [0.15, 0.2) is 23.0 Å². The molecule has 1 fully saturated rings. The Kier molecular flexibility index (Phi) is 3.30. The van der Waals surface area contributed by atoms with Crippen LogP contribution in [0.5, 0.6) is 0 Å². The number of hydrogen-bond donors (Lipinski definition) is 0. The Bertz CT molecular complexity index is 759. The molecule has 3 aromatic heterocycles. The molecule has 4 heterocycles. The Morgan fingerprint density at radius 1 is 1.23 bits per heavy atom. The van der Waals surface area contributed by atoms with E-state index in [1.807, 2.05) is 23.6 Å². The molecule has 8 nitrogen and oxygen atoms in total. The molecule has 8 heteroatoms. The summed E-state index contributed by atoms with van der Waals surface area (Å²) in [6.07, 6.45) is 3.45. The van der Waals surface area contributed by atoms with Crippen molar-refractivity contribution in [3.05, 3.63) is 35.9 Å². The van der Waals surface area contributed by atoms with Crippen molar-refractivity contribution in [2.45, 2.75) is 32.2 Å². The summed E-state index contributed by atoms with van der Waals surface area (Å²) >= 11 is 0. The summed E-state index contributed by atoms with van der Waals surface area (Å²) in [5.74, 6) is 2.10. The maximum absolute atomic E-state index is 4.78. The van der Waals surface area contributed by atoms with Crippen LogP contribution in [0.3, 0.4) is 0 Å². The number of rotatable bonds is 3. The van der Waals surface area contributed by atoms with Crippen LogP contribution in [0.4, 0.5) is 0 Å². The van der Waals surface area contributed by atoms with Gasteiger partial charge in [-0.1, -0.05) is 5.16 Å². The molecule has 1 saturated heterocycles. The van der Waals surface area contributed by atoms with Crippen molar-refractivity contribution in [1.82, 2.24) is 34.9 Å². The first-order valence-corrected chi connectivity index (χ1v) is 7.46. The van der Waals surface area contributed by atoms with Crippen LogP contribution in [0.2, 0.25) is 0 Å². The van der Waals surface area contributed by atoms with Crippen molar-refractivity contribution in [2.75, 3.05) is 13.1 Å². The highest BCUT2D eigenvalue weighted by Crippen LogP contribution is 2.27. The number of aromatic nitrogens is 6. The quantitative estimate of drug-likeness (QED) is 0.718. The largest absolute Gasteiger partial charge is 0.343 e. The van der Waals surface area contributed by atoms with Gasteiger partial charge in [0, 0.05) is 5.92 Å². The van der Waals surface area contributed by atoms with Gasteiger partial charge in [-0.3, -0.25) is 4.90 Å². The third kappa shape index (κ3) is 2.45. The molecule has 0 bridgehead atoms. The molecule has 0 unspecified atom stereocenters. The summed E-state index contributed by atoms with van der Waals surface area (Å²) in [6.45, 7) is 4.69. The number of hydrogen-bond acceptors (Lipinski definition) is 7. The van der Waals surface area contributed by atoms with E-state index >= 15 is 0 Å². The number of likely N-dealkylation sites (tertiary alicyclic amines) is 1. The third-order valence-corrected chi connectivity index (χ3v) is 4.14. The summed E-state index contributed by atoms with van der Waals surface area (Å²) in [4.78, 5) is 6.41.